The van der Waals surface area contributed by atoms with Crippen LogP contribution in [-0.2, 0) is 81.6 Å². The number of benzene rings is 1. The highest BCUT2D eigenvalue weighted by Gasteiger charge is 2.44. The Morgan fingerprint density at radius 1 is 0.588 bits per heavy atom. The lowest BCUT2D eigenvalue weighted by Gasteiger charge is -2.32. The van der Waals surface area contributed by atoms with Crippen molar-refractivity contribution < 1.29 is 77.6 Å². The van der Waals surface area contributed by atoms with Gasteiger partial charge in [-0.05, 0) is 121 Å². The highest BCUT2D eigenvalue weighted by Crippen LogP contribution is 2.26. The molecule has 0 aliphatic carbocycles. The molecule has 4 heterocycles. The second-order valence-electron chi connectivity index (χ2n) is 24.9. The van der Waals surface area contributed by atoms with Gasteiger partial charge in [0.05, 0.1) is 31.2 Å². The molecule has 2 saturated heterocycles. The van der Waals surface area contributed by atoms with Crippen molar-refractivity contribution in [2.24, 2.45) is 27.9 Å². The molecule has 2 aliphatic rings. The number of nitrogens with two attached hydrogens (primary N) is 4. The van der Waals surface area contributed by atoms with E-state index in [4.69, 9.17) is 22.9 Å². The summed E-state index contributed by atoms with van der Waals surface area (Å²) in [4.78, 5) is 201. The monoisotopic (exact) mass is 1470 g/mol. The first-order chi connectivity index (χ1) is 48.7. The molecule has 2 fully saturated rings. The number of nitrogens with zero attached hydrogens (tertiary/aromatic N) is 5. The minimum Gasteiger partial charge on any atom is -0.481 e. The van der Waals surface area contributed by atoms with E-state index in [0.29, 0.717) is 54.1 Å². The zero-order valence-electron chi connectivity index (χ0n) is 57.6. The van der Waals surface area contributed by atoms with Crippen LogP contribution in [0.5, 0.6) is 0 Å². The molecule has 0 saturated carbocycles. The number of hydrogen-bond acceptors (Lipinski definition) is 21. The summed E-state index contributed by atoms with van der Waals surface area (Å²) in [7, 11) is 0. The molecule has 0 bridgehead atoms. The van der Waals surface area contributed by atoms with Crippen molar-refractivity contribution in [3.05, 3.63) is 72.3 Å². The number of carboxylic acid groups (broad SMARTS) is 2. The SMILES string of the molecule is CSCC[C@H](NC(=O)[C@H](C)NC(=O)[C@H](CCCCN)NC(=O)[C@H](Cc1cnc[nH]1)NC(=O)[C@H](Cc1ccccc1)NC(=O)[C@H](CC(=O)O)NC(=O)[C@H](CCSC)NC(=O)[C@@H]1CCCN1C(=O)[C@@H]1CCCN1C(=O)[C@@H](N)Cc1cnc[nH]1)C(=O)N[C@H](C(=O)N[C@@H](CCCN=C(N)N)C(=O)O)[C@@H](C)O. The quantitative estimate of drug-likeness (QED) is 0.0144. The molecule has 102 heavy (non-hydrogen) atoms. The van der Waals surface area contributed by atoms with Gasteiger partial charge in [0.15, 0.2) is 5.96 Å². The molecule has 0 unspecified atom stereocenters. The number of carboxylic acids is 2. The molecule has 562 valence electrons. The Balaban J connectivity index is 1.31. The Labute approximate surface area is 598 Å². The van der Waals surface area contributed by atoms with E-state index in [1.54, 1.807) is 49.0 Å². The molecular weight excluding hydrogens is 1370 g/mol. The maximum Gasteiger partial charge on any atom is 0.326 e. The van der Waals surface area contributed by atoms with Crippen LogP contribution in [-0.4, -0.2) is 257 Å². The maximum atomic E-state index is 14.8. The average molecular weight is 1470 g/mol. The van der Waals surface area contributed by atoms with E-state index in [1.165, 1.54) is 66.0 Å². The normalized spacial score (nSPS) is 17.4. The second-order valence-corrected chi connectivity index (χ2v) is 26.8. The Hall–Kier alpha value is -9.40. The number of aliphatic hydroxyl groups is 1. The number of carbonyl (C=O) groups is 13. The lowest BCUT2D eigenvalue weighted by atomic mass is 10.0. The first-order valence-electron chi connectivity index (χ1n) is 33.6. The number of aromatic nitrogens is 4. The number of nitrogens with one attached hydrogen (secondary N) is 11. The number of aliphatic hydroxyl groups excluding tert-OH is 1. The molecule has 0 spiro atoms. The summed E-state index contributed by atoms with van der Waals surface area (Å²) in [5.74, 6) is -11.9. The van der Waals surface area contributed by atoms with Gasteiger partial charge in [0, 0.05) is 62.7 Å². The number of aliphatic imine (C=N–C) groups is 1. The number of unbranched alkanes of at least 4 members (excludes halogenated alkanes) is 1. The fourth-order valence-electron chi connectivity index (χ4n) is 11.5. The molecule has 22 N–H and O–H groups in total. The van der Waals surface area contributed by atoms with Crippen LogP contribution in [0.25, 0.3) is 0 Å². The molecule has 11 amide bonds. The van der Waals surface area contributed by atoms with Gasteiger partial charge >= 0.3 is 11.9 Å². The van der Waals surface area contributed by atoms with Gasteiger partial charge < -0.3 is 106 Å². The van der Waals surface area contributed by atoms with Crippen LogP contribution in [0.2, 0.25) is 0 Å². The van der Waals surface area contributed by atoms with Crippen LogP contribution >= 0.6 is 23.5 Å². The summed E-state index contributed by atoms with van der Waals surface area (Å²) in [6.07, 6.45) is 8.33. The van der Waals surface area contributed by atoms with Gasteiger partial charge in [-0.25, -0.2) is 14.8 Å². The standard InChI is InChI=1S/C64H98N20O16S2/c1-35(52(88)75-43(20-26-102-4)55(91)82-51(36(2)85)60(96)78-44(63(99)100)16-10-22-71-64(67)68)74-53(89)41(15-8-9-21-65)76-57(93)46(29-39-32-70-34-73-39)80-56(92)45(27-37-13-6-5-7-14-37)79-58(94)47(30-50(86)87)81-54(90)42(19-25-101-3)77-59(95)48-17-11-23-83(48)62(98)49-18-12-24-84(49)61(97)40(66)28-38-31-69-33-72-38/h5-7,13-14,31-36,40-49,51,85H,8-12,15-30,65-66H2,1-4H3,(H,69,72)(H,70,73)(H,74,89)(H,75,88)(H,76,93)(H,77,95)(H,78,96)(H,79,94)(H,80,92)(H,81,90)(H,82,91)(H,86,87)(H,99,100)(H4,67,68,71)/t35-,36+,40-,41-,42-,43-,44-,45-,46-,47-,48-,49-,51-/m0/s1. The molecule has 36 nitrogen and oxygen atoms in total. The molecule has 13 atom stereocenters. The van der Waals surface area contributed by atoms with Gasteiger partial charge in [-0.2, -0.15) is 23.5 Å². The van der Waals surface area contributed by atoms with E-state index < -0.39 is 162 Å². The third kappa shape index (κ3) is 26.8. The highest BCUT2D eigenvalue weighted by atomic mass is 32.2. The van der Waals surface area contributed by atoms with Gasteiger partial charge in [-0.1, -0.05) is 30.3 Å². The number of aliphatic carboxylic acids is 2. The Morgan fingerprint density at radius 2 is 1.09 bits per heavy atom. The number of hydrogen-bond donors (Lipinski definition) is 18. The topological polar surface area (TPSA) is 571 Å². The van der Waals surface area contributed by atoms with Gasteiger partial charge in [0.1, 0.15) is 66.5 Å². The molecule has 2 aliphatic heterocycles. The van der Waals surface area contributed by atoms with Gasteiger partial charge in [-0.15, -0.1) is 0 Å². The molecule has 1 aromatic carbocycles. The van der Waals surface area contributed by atoms with Crippen molar-refractivity contribution in [3.8, 4) is 0 Å². The predicted molar refractivity (Wildman–Crippen MR) is 376 cm³/mol. The van der Waals surface area contributed by atoms with Gasteiger partial charge in [-0.3, -0.25) is 62.5 Å². The van der Waals surface area contributed by atoms with E-state index in [2.05, 4.69) is 72.8 Å². The van der Waals surface area contributed by atoms with Crippen molar-refractivity contribution >= 4 is 106 Å². The third-order valence-electron chi connectivity index (χ3n) is 17.0. The van der Waals surface area contributed by atoms with E-state index in [1.807, 2.05) is 0 Å². The largest absolute Gasteiger partial charge is 0.481 e. The van der Waals surface area contributed by atoms with Crippen molar-refractivity contribution in [2.45, 2.75) is 189 Å². The molecular formula is C64H98N20O16S2. The van der Waals surface area contributed by atoms with E-state index in [0.717, 1.165) is 0 Å². The minimum atomic E-state index is -1.87. The lowest BCUT2D eigenvalue weighted by molar-refractivity contribution is -0.147. The summed E-state index contributed by atoms with van der Waals surface area (Å²) in [5, 5.41) is 53.4. The van der Waals surface area contributed by atoms with Crippen LogP contribution in [0, 0.1) is 0 Å². The summed E-state index contributed by atoms with van der Waals surface area (Å²) in [5.41, 5.74) is 24.2. The van der Waals surface area contributed by atoms with Crippen LogP contribution in [0.15, 0.2) is 60.4 Å². The number of guanidine groups is 1. The fraction of sp³-hybridized carbons (Fsp3) is 0.594. The predicted octanol–water partition coefficient (Wildman–Crippen LogP) is -4.52. The molecule has 2 aromatic heterocycles. The maximum absolute atomic E-state index is 14.8. The molecule has 38 heteroatoms. The molecule has 0 radical (unpaired) electrons. The zero-order valence-corrected chi connectivity index (χ0v) is 59.2. The summed E-state index contributed by atoms with van der Waals surface area (Å²) in [6.45, 7) is 3.19. The Kier molecular flexibility index (Phi) is 34.9. The van der Waals surface area contributed by atoms with E-state index >= 15 is 0 Å². The number of thioether (sulfide) groups is 2. The second kappa shape index (κ2) is 42.8. The van der Waals surface area contributed by atoms with E-state index in [-0.39, 0.29) is 96.3 Å². The summed E-state index contributed by atoms with van der Waals surface area (Å²) >= 11 is 2.64. The minimum absolute atomic E-state index is 0.00813. The van der Waals surface area contributed by atoms with Crippen molar-refractivity contribution in [1.29, 1.82) is 0 Å². The number of H-pyrrole nitrogens is 2. The van der Waals surface area contributed by atoms with Crippen LogP contribution in [0.1, 0.15) is 108 Å². The highest BCUT2D eigenvalue weighted by molar-refractivity contribution is 7.98. The van der Waals surface area contributed by atoms with Crippen LogP contribution in [0.3, 0.4) is 0 Å². The van der Waals surface area contributed by atoms with Gasteiger partial charge in [0.25, 0.3) is 0 Å². The van der Waals surface area contributed by atoms with Crippen LogP contribution < -0.4 is 70.8 Å². The van der Waals surface area contributed by atoms with Crippen molar-refractivity contribution in [3.63, 3.8) is 0 Å². The summed E-state index contributed by atoms with van der Waals surface area (Å²) < 4.78 is 0. The smallest absolute Gasteiger partial charge is 0.326 e. The average Bonchev–Trinajstić information content (AvgIpc) is 1.66. The zero-order chi connectivity index (χ0) is 75.0. The lowest BCUT2D eigenvalue weighted by Crippen LogP contribution is -2.61. The molecule has 5 rings (SSSR count). The fourth-order valence-corrected chi connectivity index (χ4v) is 12.4. The Bertz CT molecular complexity index is 3310. The number of carbonyl (C=O) groups excluding carboxylic acids is 11. The first kappa shape index (κ1) is 83.3. The number of likely N-dealkylation sites (tertiary alicyclic amines) is 2. The molecule has 3 aromatic rings. The van der Waals surface area contributed by atoms with Gasteiger partial charge in [0.2, 0.25) is 65.0 Å². The van der Waals surface area contributed by atoms with E-state index in [9.17, 15) is 77.6 Å². The number of rotatable bonds is 44. The third-order valence-corrected chi connectivity index (χ3v) is 18.2. The van der Waals surface area contributed by atoms with Crippen molar-refractivity contribution in [1.82, 2.24) is 77.6 Å². The number of amides is 11. The summed E-state index contributed by atoms with van der Waals surface area (Å²) in [6, 6.07) is -8.33. The van der Waals surface area contributed by atoms with Crippen LogP contribution in [0.4, 0.5) is 0 Å². The Morgan fingerprint density at radius 3 is 1.66 bits per heavy atom. The first-order valence-corrected chi connectivity index (χ1v) is 36.4. The number of aromatic amines is 2. The van der Waals surface area contributed by atoms with Crippen molar-refractivity contribution in [2.75, 3.05) is 50.2 Å². The number of imidazole rings is 2.